The zero-order valence-electron chi connectivity index (χ0n) is 19.4. The van der Waals surface area contributed by atoms with E-state index in [0.29, 0.717) is 50.3 Å². The number of esters is 1. The Morgan fingerprint density at radius 2 is 1.89 bits per heavy atom. The Hall–Kier alpha value is -3.11. The van der Waals surface area contributed by atoms with Gasteiger partial charge in [0.25, 0.3) is 0 Å². The Balaban J connectivity index is 1.20. The fraction of sp³-hybridized carbons (Fsp3) is 0.480. The van der Waals surface area contributed by atoms with E-state index in [9.17, 15) is 23.5 Å². The lowest BCUT2D eigenvalue weighted by molar-refractivity contribution is -0.128. The van der Waals surface area contributed by atoms with Gasteiger partial charge in [0.2, 0.25) is 11.8 Å². The molecule has 3 aliphatic heterocycles. The second-order valence-electron chi connectivity index (χ2n) is 9.42. The molecule has 2 saturated heterocycles. The predicted molar refractivity (Wildman–Crippen MR) is 121 cm³/mol. The van der Waals surface area contributed by atoms with E-state index in [1.807, 2.05) is 6.92 Å². The molecule has 0 aliphatic carbocycles. The number of amides is 1. The van der Waals surface area contributed by atoms with Crippen molar-refractivity contribution in [3.8, 4) is 5.88 Å². The molecule has 1 N–H and O–H groups in total. The van der Waals surface area contributed by atoms with Crippen LogP contribution >= 0.6 is 0 Å². The third kappa shape index (κ3) is 4.36. The topological polar surface area (TPSA) is 92.2 Å². The van der Waals surface area contributed by atoms with E-state index in [-0.39, 0.29) is 24.4 Å². The number of aliphatic hydroxyl groups excluding tert-OH is 1. The van der Waals surface area contributed by atoms with Crippen molar-refractivity contribution >= 4 is 17.6 Å². The summed E-state index contributed by atoms with van der Waals surface area (Å²) in [6, 6.07) is 6.42. The van der Waals surface area contributed by atoms with Gasteiger partial charge in [0.1, 0.15) is 6.61 Å². The molecule has 186 valence electrons. The second-order valence-corrected chi connectivity index (χ2v) is 9.42. The van der Waals surface area contributed by atoms with Gasteiger partial charge in [-0.2, -0.15) is 8.78 Å². The Kier molecular flexibility index (Phi) is 6.18. The van der Waals surface area contributed by atoms with Crippen molar-refractivity contribution in [2.45, 2.75) is 45.5 Å². The number of alkyl halides is 2. The van der Waals surface area contributed by atoms with Crippen molar-refractivity contribution in [2.75, 3.05) is 31.1 Å². The maximum Gasteiger partial charge on any atom is 0.388 e. The number of piperidine rings is 1. The molecule has 3 aliphatic rings. The first kappa shape index (κ1) is 23.6. The first-order chi connectivity index (χ1) is 16.8. The Labute approximate surface area is 201 Å². The fourth-order valence-electron chi connectivity index (χ4n) is 5.46. The van der Waals surface area contributed by atoms with Crippen LogP contribution in [0.3, 0.4) is 0 Å². The summed E-state index contributed by atoms with van der Waals surface area (Å²) in [5.41, 5.74) is 3.19. The number of β-amino-alcohol motifs (C(OH)–C–C–N with tert-alkyl or cyclic N) is 1. The summed E-state index contributed by atoms with van der Waals surface area (Å²) in [5.74, 6) is -0.482. The minimum Gasteiger partial charge on any atom is -0.457 e. The van der Waals surface area contributed by atoms with Crippen LogP contribution < -0.4 is 9.64 Å². The van der Waals surface area contributed by atoms with Crippen LogP contribution in [0.15, 0.2) is 30.5 Å². The summed E-state index contributed by atoms with van der Waals surface area (Å²) >= 11 is 0. The zero-order valence-corrected chi connectivity index (χ0v) is 19.4. The molecule has 2 fully saturated rings. The van der Waals surface area contributed by atoms with Crippen molar-refractivity contribution in [2.24, 2.45) is 5.41 Å². The number of aliphatic hydroxyl groups is 1. The molecule has 1 spiro atoms. The first-order valence-corrected chi connectivity index (χ1v) is 11.7. The molecule has 1 aromatic carbocycles. The third-order valence-electron chi connectivity index (χ3n) is 7.57. The highest BCUT2D eigenvalue weighted by Gasteiger charge is 2.48. The van der Waals surface area contributed by atoms with Gasteiger partial charge in [-0.3, -0.25) is 4.79 Å². The van der Waals surface area contributed by atoms with Crippen LogP contribution in [0.2, 0.25) is 0 Å². The smallest absolute Gasteiger partial charge is 0.388 e. The Morgan fingerprint density at radius 3 is 2.57 bits per heavy atom. The van der Waals surface area contributed by atoms with E-state index in [0.717, 1.165) is 23.1 Å². The molecule has 0 radical (unpaired) electrons. The largest absolute Gasteiger partial charge is 0.457 e. The predicted octanol–water partition coefficient (Wildman–Crippen LogP) is 3.21. The van der Waals surface area contributed by atoms with Gasteiger partial charge < -0.3 is 24.4 Å². The molecule has 35 heavy (non-hydrogen) atoms. The highest BCUT2D eigenvalue weighted by Crippen LogP contribution is 2.43. The lowest BCUT2D eigenvalue weighted by Crippen LogP contribution is -2.45. The number of fused-ring (bicyclic) bond motifs is 1. The number of anilines is 1. The molecular formula is C25H27F2N3O5. The van der Waals surface area contributed by atoms with E-state index in [1.54, 1.807) is 23.1 Å². The number of likely N-dealkylation sites (tertiary alicyclic amines) is 1. The number of pyridine rings is 1. The van der Waals surface area contributed by atoms with Crippen LogP contribution in [0.5, 0.6) is 5.88 Å². The molecule has 4 heterocycles. The van der Waals surface area contributed by atoms with E-state index in [2.05, 4.69) is 14.6 Å². The number of aromatic nitrogens is 1. The second kappa shape index (κ2) is 9.16. The average molecular weight is 488 g/mol. The number of nitrogens with zero attached hydrogens (tertiary/aromatic N) is 3. The molecule has 5 rings (SSSR count). The van der Waals surface area contributed by atoms with Gasteiger partial charge in [-0.1, -0.05) is 6.07 Å². The Morgan fingerprint density at radius 1 is 1.14 bits per heavy atom. The summed E-state index contributed by atoms with van der Waals surface area (Å²) in [7, 11) is 0. The molecule has 1 aromatic heterocycles. The van der Waals surface area contributed by atoms with Gasteiger partial charge in [0, 0.05) is 24.7 Å². The van der Waals surface area contributed by atoms with Crippen molar-refractivity contribution in [3.63, 3.8) is 0 Å². The highest BCUT2D eigenvalue weighted by molar-refractivity contribution is 5.99. The lowest BCUT2D eigenvalue weighted by atomic mass is 9.77. The highest BCUT2D eigenvalue weighted by atomic mass is 19.3. The number of hydrogen-bond acceptors (Lipinski definition) is 7. The number of cyclic esters (lactones) is 1. The molecule has 10 heteroatoms. The minimum atomic E-state index is -2.95. The van der Waals surface area contributed by atoms with Crippen molar-refractivity contribution in [3.05, 3.63) is 52.7 Å². The van der Waals surface area contributed by atoms with Gasteiger partial charge in [-0.15, -0.1) is 0 Å². The van der Waals surface area contributed by atoms with E-state index < -0.39 is 18.1 Å². The van der Waals surface area contributed by atoms with Crippen LogP contribution in [0, 0.1) is 12.3 Å². The van der Waals surface area contributed by atoms with E-state index in [1.165, 1.54) is 12.3 Å². The summed E-state index contributed by atoms with van der Waals surface area (Å²) in [4.78, 5) is 32.8. The van der Waals surface area contributed by atoms with Crippen LogP contribution in [0.4, 0.5) is 14.5 Å². The number of halogens is 2. The first-order valence-electron chi connectivity index (χ1n) is 11.7. The summed E-state index contributed by atoms with van der Waals surface area (Å²) in [6.45, 7) is 1.55. The number of benzene rings is 1. The summed E-state index contributed by atoms with van der Waals surface area (Å²) in [6.07, 6.45) is 2.76. The van der Waals surface area contributed by atoms with Crippen LogP contribution in [-0.2, 0) is 16.1 Å². The van der Waals surface area contributed by atoms with Crippen LogP contribution in [-0.4, -0.2) is 59.7 Å². The quantitative estimate of drug-likeness (QED) is 0.626. The number of ether oxygens (including phenoxy) is 2. The fourth-order valence-corrected chi connectivity index (χ4v) is 5.46. The third-order valence-corrected chi connectivity index (χ3v) is 7.57. The molecular weight excluding hydrogens is 460 g/mol. The monoisotopic (exact) mass is 487 g/mol. The maximum atomic E-state index is 13.3. The average Bonchev–Trinajstić information content (AvgIpc) is 3.37. The van der Waals surface area contributed by atoms with E-state index >= 15 is 0 Å². The number of carbonyl (C=O) groups excluding carboxylic acids is 2. The standard InChI is InChI=1S/C25H27F2N3O5/c1-15-17(3-4-18-19(15)14-34-22(18)32)20(31)13-29-9-6-25(7-10-29)8-11-30(23(25)33)16-2-5-21(28-12-16)35-24(26)27/h2-5,12,20,24,31H,6-11,13-14H2,1H3. The number of hydrogen-bond donors (Lipinski definition) is 1. The Bertz CT molecular complexity index is 1130. The summed E-state index contributed by atoms with van der Waals surface area (Å²) < 4.78 is 34.1. The lowest BCUT2D eigenvalue weighted by Gasteiger charge is -2.38. The van der Waals surface area contributed by atoms with Gasteiger partial charge in [-0.25, -0.2) is 9.78 Å². The van der Waals surface area contributed by atoms with Crippen molar-refractivity contribution < 1.29 is 33.0 Å². The van der Waals surface area contributed by atoms with Gasteiger partial charge in [0.05, 0.1) is 29.0 Å². The van der Waals surface area contributed by atoms with Crippen LogP contribution in [0.25, 0.3) is 0 Å². The van der Waals surface area contributed by atoms with Crippen molar-refractivity contribution in [1.82, 2.24) is 9.88 Å². The molecule has 2 aromatic rings. The zero-order chi connectivity index (χ0) is 24.7. The van der Waals surface area contributed by atoms with Crippen molar-refractivity contribution in [1.29, 1.82) is 0 Å². The number of carbonyl (C=O) groups is 2. The minimum absolute atomic E-state index is 0.0289. The van der Waals surface area contributed by atoms with Gasteiger partial charge in [0.15, 0.2) is 0 Å². The maximum absolute atomic E-state index is 13.3. The van der Waals surface area contributed by atoms with Crippen LogP contribution in [0.1, 0.15) is 52.4 Å². The number of rotatable bonds is 6. The molecule has 1 amide bonds. The molecule has 1 atom stereocenters. The van der Waals surface area contributed by atoms with Gasteiger partial charge in [-0.05, 0) is 62.5 Å². The SMILES string of the molecule is Cc1c(C(O)CN2CCC3(CC2)CCN(c2ccc(OC(F)F)nc2)C3=O)ccc2c1COC2=O. The molecule has 1 unspecified atom stereocenters. The summed E-state index contributed by atoms with van der Waals surface area (Å²) in [5, 5.41) is 10.9. The van der Waals surface area contributed by atoms with E-state index in [4.69, 9.17) is 4.74 Å². The molecule has 0 bridgehead atoms. The molecule has 8 nitrogen and oxygen atoms in total. The van der Waals surface area contributed by atoms with Gasteiger partial charge >= 0.3 is 12.6 Å². The normalized spacial score (nSPS) is 20.4. The molecule has 0 saturated carbocycles.